The summed E-state index contributed by atoms with van der Waals surface area (Å²) in [7, 11) is 1.72. The number of hydrogen-bond donors (Lipinski definition) is 1. The maximum atomic E-state index is 12.0. The van der Waals surface area contributed by atoms with Crippen LogP contribution in [0, 0.1) is 0 Å². The molecular formula is C16H15NO4. The predicted octanol–water partition coefficient (Wildman–Crippen LogP) is 2.65. The number of carboxylic acids is 1. The van der Waals surface area contributed by atoms with E-state index in [9.17, 15) is 9.59 Å². The van der Waals surface area contributed by atoms with Crippen LogP contribution < -0.4 is 0 Å². The van der Waals surface area contributed by atoms with Crippen LogP contribution in [0.1, 0.15) is 21.5 Å². The quantitative estimate of drug-likeness (QED) is 0.857. The number of aliphatic carboxylic acids is 1. The zero-order chi connectivity index (χ0) is 15.2. The second-order valence-corrected chi connectivity index (χ2v) is 4.59. The molecule has 0 aliphatic rings. The van der Waals surface area contributed by atoms with Crippen molar-refractivity contribution in [3.05, 3.63) is 65.6 Å². The summed E-state index contributed by atoms with van der Waals surface area (Å²) in [6.07, 6.45) is 5.49. The third kappa shape index (κ3) is 4.07. The Kier molecular flexibility index (Phi) is 4.56. The minimum atomic E-state index is -0.982. The molecule has 1 heterocycles. The van der Waals surface area contributed by atoms with Crippen LogP contribution in [-0.2, 0) is 11.3 Å². The summed E-state index contributed by atoms with van der Waals surface area (Å²) < 4.78 is 4.89. The largest absolute Gasteiger partial charge is 0.478 e. The van der Waals surface area contributed by atoms with Crippen LogP contribution in [0.2, 0.25) is 0 Å². The van der Waals surface area contributed by atoms with Gasteiger partial charge >= 0.3 is 5.97 Å². The lowest BCUT2D eigenvalue weighted by Crippen LogP contribution is -2.25. The van der Waals surface area contributed by atoms with Crippen LogP contribution in [0.15, 0.2) is 53.4 Å². The fourth-order valence-electron chi connectivity index (χ4n) is 1.85. The first kappa shape index (κ1) is 14.6. The summed E-state index contributed by atoms with van der Waals surface area (Å²) in [5.74, 6) is -1.09. The summed E-state index contributed by atoms with van der Waals surface area (Å²) >= 11 is 0. The molecule has 5 nitrogen and oxygen atoms in total. The van der Waals surface area contributed by atoms with Crippen LogP contribution in [-0.4, -0.2) is 28.9 Å². The van der Waals surface area contributed by atoms with Crippen LogP contribution in [0.3, 0.4) is 0 Å². The van der Waals surface area contributed by atoms with Crippen molar-refractivity contribution in [3.63, 3.8) is 0 Å². The van der Waals surface area contributed by atoms with Crippen molar-refractivity contribution < 1.29 is 19.1 Å². The van der Waals surface area contributed by atoms with E-state index >= 15 is 0 Å². The van der Waals surface area contributed by atoms with Crippen molar-refractivity contribution in [2.45, 2.75) is 6.54 Å². The van der Waals surface area contributed by atoms with Gasteiger partial charge in [-0.3, -0.25) is 4.79 Å². The van der Waals surface area contributed by atoms with Gasteiger partial charge in [0.2, 0.25) is 0 Å². The van der Waals surface area contributed by atoms with Crippen molar-refractivity contribution in [2.75, 3.05) is 7.05 Å². The van der Waals surface area contributed by atoms with Gasteiger partial charge in [-0.25, -0.2) is 4.79 Å². The van der Waals surface area contributed by atoms with E-state index in [2.05, 4.69) is 0 Å². The van der Waals surface area contributed by atoms with Crippen molar-refractivity contribution in [3.8, 4) is 0 Å². The molecule has 1 aromatic carbocycles. The highest BCUT2D eigenvalue weighted by atomic mass is 16.4. The van der Waals surface area contributed by atoms with Crippen molar-refractivity contribution in [1.82, 2.24) is 4.90 Å². The third-order valence-electron chi connectivity index (χ3n) is 2.93. The molecule has 0 spiro atoms. The van der Waals surface area contributed by atoms with E-state index in [0.717, 1.165) is 17.2 Å². The number of carboxylic acid groups (broad SMARTS) is 1. The molecule has 0 unspecified atom stereocenters. The molecule has 5 heteroatoms. The standard InChI is InChI=1S/C16H15NO4/c1-17(16(20)14-8-9-21-11-14)10-13-4-2-12(3-5-13)6-7-15(18)19/h2-9,11H,10H2,1H3,(H,18,19). The average Bonchev–Trinajstić information content (AvgIpc) is 2.99. The van der Waals surface area contributed by atoms with Gasteiger partial charge in [0.1, 0.15) is 6.26 Å². The van der Waals surface area contributed by atoms with Crippen LogP contribution in [0.25, 0.3) is 6.08 Å². The van der Waals surface area contributed by atoms with Gasteiger partial charge in [-0.1, -0.05) is 24.3 Å². The number of nitrogens with zero attached hydrogens (tertiary/aromatic N) is 1. The van der Waals surface area contributed by atoms with Gasteiger partial charge < -0.3 is 14.4 Å². The molecule has 0 atom stereocenters. The van der Waals surface area contributed by atoms with Crippen LogP contribution >= 0.6 is 0 Å². The Morgan fingerprint density at radius 2 is 1.95 bits per heavy atom. The number of furan rings is 1. The molecule has 0 aliphatic carbocycles. The van der Waals surface area contributed by atoms with E-state index in [4.69, 9.17) is 9.52 Å². The monoisotopic (exact) mass is 285 g/mol. The molecule has 21 heavy (non-hydrogen) atoms. The van der Waals surface area contributed by atoms with E-state index < -0.39 is 5.97 Å². The van der Waals surface area contributed by atoms with Crippen molar-refractivity contribution in [2.24, 2.45) is 0 Å². The van der Waals surface area contributed by atoms with Gasteiger partial charge in [0.25, 0.3) is 5.91 Å². The molecule has 108 valence electrons. The van der Waals surface area contributed by atoms with Gasteiger partial charge in [0.15, 0.2) is 0 Å². The summed E-state index contributed by atoms with van der Waals surface area (Å²) in [4.78, 5) is 24.1. The SMILES string of the molecule is CN(Cc1ccc(C=CC(=O)O)cc1)C(=O)c1ccoc1. The van der Waals surface area contributed by atoms with Gasteiger partial charge in [-0.15, -0.1) is 0 Å². The summed E-state index contributed by atoms with van der Waals surface area (Å²) in [5.41, 5.74) is 2.27. The van der Waals surface area contributed by atoms with Gasteiger partial charge in [0.05, 0.1) is 11.8 Å². The second-order valence-electron chi connectivity index (χ2n) is 4.59. The van der Waals surface area contributed by atoms with Gasteiger partial charge in [-0.05, 0) is 23.3 Å². The van der Waals surface area contributed by atoms with E-state index in [1.54, 1.807) is 18.0 Å². The highest BCUT2D eigenvalue weighted by Crippen LogP contribution is 2.11. The first-order chi connectivity index (χ1) is 10.1. The molecule has 2 rings (SSSR count). The summed E-state index contributed by atoms with van der Waals surface area (Å²) in [6.45, 7) is 0.465. The molecule has 0 radical (unpaired) electrons. The highest BCUT2D eigenvalue weighted by Gasteiger charge is 2.12. The maximum Gasteiger partial charge on any atom is 0.328 e. The third-order valence-corrected chi connectivity index (χ3v) is 2.93. The van der Waals surface area contributed by atoms with Gasteiger partial charge in [-0.2, -0.15) is 0 Å². The average molecular weight is 285 g/mol. The fourth-order valence-corrected chi connectivity index (χ4v) is 1.85. The summed E-state index contributed by atoms with van der Waals surface area (Å²) in [6, 6.07) is 8.97. The molecular weight excluding hydrogens is 270 g/mol. The zero-order valence-corrected chi connectivity index (χ0v) is 11.5. The molecule has 1 amide bonds. The molecule has 0 saturated heterocycles. The normalized spacial score (nSPS) is 10.7. The molecule has 0 aliphatic heterocycles. The highest BCUT2D eigenvalue weighted by molar-refractivity contribution is 5.93. The minimum absolute atomic E-state index is 0.112. The Morgan fingerprint density at radius 3 is 2.52 bits per heavy atom. The Bertz CT molecular complexity index is 641. The fraction of sp³-hybridized carbons (Fsp3) is 0.125. The zero-order valence-electron chi connectivity index (χ0n) is 11.5. The number of hydrogen-bond acceptors (Lipinski definition) is 3. The molecule has 0 bridgehead atoms. The van der Waals surface area contributed by atoms with Gasteiger partial charge in [0, 0.05) is 19.7 Å². The maximum absolute atomic E-state index is 12.0. The first-order valence-electron chi connectivity index (χ1n) is 6.34. The van der Waals surface area contributed by atoms with Crippen LogP contribution in [0.5, 0.6) is 0 Å². The van der Waals surface area contributed by atoms with E-state index in [-0.39, 0.29) is 5.91 Å². The Balaban J connectivity index is 2.00. The number of rotatable bonds is 5. The molecule has 1 aromatic heterocycles. The molecule has 0 fully saturated rings. The number of amides is 1. The Labute approximate surface area is 122 Å². The topological polar surface area (TPSA) is 70.8 Å². The molecule has 1 N–H and O–H groups in total. The van der Waals surface area contributed by atoms with E-state index in [0.29, 0.717) is 12.1 Å². The number of benzene rings is 1. The Morgan fingerprint density at radius 1 is 1.24 bits per heavy atom. The smallest absolute Gasteiger partial charge is 0.328 e. The lowest BCUT2D eigenvalue weighted by Gasteiger charge is -2.16. The van der Waals surface area contributed by atoms with E-state index in [1.807, 2.05) is 24.3 Å². The van der Waals surface area contributed by atoms with Crippen molar-refractivity contribution in [1.29, 1.82) is 0 Å². The molecule has 2 aromatic rings. The number of carbonyl (C=O) groups is 2. The molecule has 0 saturated carbocycles. The van der Waals surface area contributed by atoms with Crippen LogP contribution in [0.4, 0.5) is 0 Å². The predicted molar refractivity (Wildman–Crippen MR) is 77.6 cm³/mol. The summed E-state index contributed by atoms with van der Waals surface area (Å²) in [5, 5.41) is 8.56. The Hall–Kier alpha value is -2.82. The lowest BCUT2D eigenvalue weighted by molar-refractivity contribution is -0.131. The van der Waals surface area contributed by atoms with Crippen molar-refractivity contribution >= 4 is 18.0 Å². The minimum Gasteiger partial charge on any atom is -0.478 e. The lowest BCUT2D eigenvalue weighted by atomic mass is 10.1. The number of carbonyl (C=O) groups excluding carboxylic acids is 1. The van der Waals surface area contributed by atoms with E-state index in [1.165, 1.54) is 18.6 Å². The first-order valence-corrected chi connectivity index (χ1v) is 6.34. The second kappa shape index (κ2) is 6.56.